The molecule has 1 aromatic carbocycles. The molecule has 4 nitrogen and oxygen atoms in total. The summed E-state index contributed by atoms with van der Waals surface area (Å²) < 4.78 is 0.836. The Morgan fingerprint density at radius 1 is 1.35 bits per heavy atom. The molecule has 3 N–H and O–H groups in total. The van der Waals surface area contributed by atoms with Gasteiger partial charge in [-0.3, -0.25) is 4.79 Å². The van der Waals surface area contributed by atoms with Gasteiger partial charge in [0, 0.05) is 22.2 Å². The van der Waals surface area contributed by atoms with Crippen LogP contribution in [0.2, 0.25) is 0 Å². The van der Waals surface area contributed by atoms with Gasteiger partial charge in [0.2, 0.25) is 0 Å². The van der Waals surface area contributed by atoms with Crippen LogP contribution in [0, 0.1) is 0 Å². The van der Waals surface area contributed by atoms with Crippen molar-refractivity contribution in [2.45, 2.75) is 25.3 Å². The van der Waals surface area contributed by atoms with Crippen molar-refractivity contribution in [2.75, 3.05) is 0 Å². The minimum atomic E-state index is -0.312. The van der Waals surface area contributed by atoms with Crippen LogP contribution in [0.15, 0.2) is 33.9 Å². The second-order valence-corrected chi connectivity index (χ2v) is 6.17. The number of Topliss-reactive ketones (excluding diaryl/α,β-unsaturated/α-hetero) is 1. The minimum Gasteiger partial charge on any atom is -0.508 e. The number of aromatic hydroxyl groups is 1. The van der Waals surface area contributed by atoms with Gasteiger partial charge in [-0.1, -0.05) is 15.9 Å². The highest BCUT2D eigenvalue weighted by Crippen LogP contribution is 2.37. The Bertz CT molecular complexity index is 642. The highest BCUT2D eigenvalue weighted by atomic mass is 79.9. The quantitative estimate of drug-likeness (QED) is 0.678. The summed E-state index contributed by atoms with van der Waals surface area (Å²) in [5.41, 5.74) is 2.46. The summed E-state index contributed by atoms with van der Waals surface area (Å²) in [5.74, 6) is 0.300. The number of thiocarbonyl (C=S) groups is 1. The third-order valence-electron chi connectivity index (χ3n) is 3.58. The molecule has 1 aliphatic carbocycles. The predicted octanol–water partition coefficient (Wildman–Crippen LogP) is 2.68. The topological polar surface area (TPSA) is 61.4 Å². The normalized spacial score (nSPS) is 22.1. The molecule has 1 heterocycles. The molecule has 1 aromatic rings. The molecule has 6 heteroatoms. The van der Waals surface area contributed by atoms with Crippen LogP contribution in [0.25, 0.3) is 0 Å². The summed E-state index contributed by atoms with van der Waals surface area (Å²) >= 11 is 8.69. The molecule has 0 aromatic heterocycles. The van der Waals surface area contributed by atoms with Crippen molar-refractivity contribution in [3.8, 4) is 5.75 Å². The molecule has 0 amide bonds. The Labute approximate surface area is 130 Å². The number of nitrogens with one attached hydrogen (secondary N) is 2. The smallest absolute Gasteiger partial charge is 0.171 e. The van der Waals surface area contributed by atoms with E-state index < -0.39 is 0 Å². The molecule has 0 saturated heterocycles. The second kappa shape index (κ2) is 5.18. The number of allylic oxidation sites excluding steroid dienone is 1. The van der Waals surface area contributed by atoms with Crippen LogP contribution in [0.3, 0.4) is 0 Å². The van der Waals surface area contributed by atoms with Gasteiger partial charge < -0.3 is 15.7 Å². The van der Waals surface area contributed by atoms with E-state index in [1.807, 2.05) is 0 Å². The fourth-order valence-electron chi connectivity index (χ4n) is 2.69. The van der Waals surface area contributed by atoms with Crippen LogP contribution in [-0.2, 0) is 4.79 Å². The van der Waals surface area contributed by atoms with E-state index in [0.29, 0.717) is 11.5 Å². The summed E-state index contributed by atoms with van der Waals surface area (Å²) in [5, 5.41) is 16.4. The monoisotopic (exact) mass is 352 g/mol. The van der Waals surface area contributed by atoms with Crippen LogP contribution < -0.4 is 10.6 Å². The van der Waals surface area contributed by atoms with E-state index in [0.717, 1.165) is 34.1 Å². The van der Waals surface area contributed by atoms with E-state index in [4.69, 9.17) is 12.2 Å². The highest BCUT2D eigenvalue weighted by Gasteiger charge is 2.34. The number of hydrogen-bond acceptors (Lipinski definition) is 3. The van der Waals surface area contributed by atoms with Crippen LogP contribution in [0.4, 0.5) is 0 Å². The summed E-state index contributed by atoms with van der Waals surface area (Å²) in [6.07, 6.45) is 2.24. The third kappa shape index (κ3) is 2.33. The zero-order chi connectivity index (χ0) is 14.3. The standard InChI is InChI=1S/C14H13BrN2O2S/c15-9-5-4-7(18)6-8(9)13-12-10(16-14(20)17-13)2-1-3-11(12)19/h4-6,13,18H,1-3H2,(H2,16,17,20)/t13-/m0/s1. The molecule has 20 heavy (non-hydrogen) atoms. The fraction of sp³-hybridized carbons (Fsp3) is 0.286. The lowest BCUT2D eigenvalue weighted by molar-refractivity contribution is -0.116. The number of rotatable bonds is 1. The molecule has 1 atom stereocenters. The van der Waals surface area contributed by atoms with E-state index in [9.17, 15) is 9.90 Å². The van der Waals surface area contributed by atoms with Crippen LogP contribution in [-0.4, -0.2) is 16.0 Å². The number of phenolic OH excluding ortho intramolecular Hbond substituents is 1. The van der Waals surface area contributed by atoms with Crippen molar-refractivity contribution in [3.05, 3.63) is 39.5 Å². The van der Waals surface area contributed by atoms with Crippen LogP contribution in [0.5, 0.6) is 5.75 Å². The zero-order valence-corrected chi connectivity index (χ0v) is 13.0. The fourth-order valence-corrected chi connectivity index (χ4v) is 3.41. The van der Waals surface area contributed by atoms with Gasteiger partial charge in [0.05, 0.1) is 6.04 Å². The number of halogens is 1. The average molecular weight is 353 g/mol. The van der Waals surface area contributed by atoms with E-state index in [2.05, 4.69) is 26.6 Å². The third-order valence-corrected chi connectivity index (χ3v) is 4.52. The molecule has 2 aliphatic rings. The number of phenols is 1. The maximum atomic E-state index is 12.3. The summed E-state index contributed by atoms with van der Waals surface area (Å²) in [6.45, 7) is 0. The van der Waals surface area contributed by atoms with E-state index in [1.54, 1.807) is 18.2 Å². The minimum absolute atomic E-state index is 0.133. The van der Waals surface area contributed by atoms with Crippen LogP contribution >= 0.6 is 28.1 Å². The molecule has 0 radical (unpaired) electrons. The molecule has 1 aliphatic heterocycles. The maximum absolute atomic E-state index is 12.3. The van der Waals surface area contributed by atoms with Gasteiger partial charge in [-0.25, -0.2) is 0 Å². The van der Waals surface area contributed by atoms with Gasteiger partial charge in [0.25, 0.3) is 0 Å². The highest BCUT2D eigenvalue weighted by molar-refractivity contribution is 9.10. The molecule has 0 fully saturated rings. The first kappa shape index (κ1) is 13.6. The SMILES string of the molecule is O=C1CCCC2=C1[C@H](c1cc(O)ccc1Br)NC(=S)N2. The Morgan fingerprint density at radius 2 is 2.15 bits per heavy atom. The summed E-state index contributed by atoms with van der Waals surface area (Å²) in [7, 11) is 0. The Kier molecular flexibility index (Phi) is 3.52. The summed E-state index contributed by atoms with van der Waals surface area (Å²) in [6, 6.07) is 4.71. The van der Waals surface area contributed by atoms with E-state index in [-0.39, 0.29) is 17.6 Å². The molecule has 0 spiro atoms. The lowest BCUT2D eigenvalue weighted by Crippen LogP contribution is -2.46. The van der Waals surface area contributed by atoms with Gasteiger partial charge in [-0.05, 0) is 48.8 Å². The molecule has 104 valence electrons. The average Bonchev–Trinajstić information content (AvgIpc) is 2.40. The number of hydrogen-bond donors (Lipinski definition) is 3. The first-order valence-corrected chi connectivity index (χ1v) is 7.58. The molecule has 0 bridgehead atoms. The number of carbonyl (C=O) groups excluding carboxylic acids is 1. The Hall–Kier alpha value is -1.40. The molecular weight excluding hydrogens is 340 g/mol. The van der Waals surface area contributed by atoms with Gasteiger partial charge >= 0.3 is 0 Å². The lowest BCUT2D eigenvalue weighted by atomic mass is 9.85. The van der Waals surface area contributed by atoms with Crippen molar-refractivity contribution in [3.63, 3.8) is 0 Å². The van der Waals surface area contributed by atoms with Crippen molar-refractivity contribution in [1.29, 1.82) is 0 Å². The first-order valence-electron chi connectivity index (χ1n) is 6.38. The van der Waals surface area contributed by atoms with Crippen molar-refractivity contribution >= 4 is 39.0 Å². The Morgan fingerprint density at radius 3 is 2.95 bits per heavy atom. The second-order valence-electron chi connectivity index (χ2n) is 4.91. The van der Waals surface area contributed by atoms with Gasteiger partial charge in [-0.15, -0.1) is 0 Å². The van der Waals surface area contributed by atoms with Crippen molar-refractivity contribution in [1.82, 2.24) is 10.6 Å². The number of ketones is 1. The number of benzene rings is 1. The molecule has 0 unspecified atom stereocenters. The largest absolute Gasteiger partial charge is 0.508 e. The van der Waals surface area contributed by atoms with E-state index >= 15 is 0 Å². The number of carbonyl (C=O) groups is 1. The molecule has 3 rings (SSSR count). The molecule has 0 saturated carbocycles. The van der Waals surface area contributed by atoms with Gasteiger partial charge in [-0.2, -0.15) is 0 Å². The first-order chi connectivity index (χ1) is 9.56. The molecular formula is C14H13BrN2O2S. The van der Waals surface area contributed by atoms with Gasteiger partial charge in [0.15, 0.2) is 10.9 Å². The van der Waals surface area contributed by atoms with Gasteiger partial charge in [0.1, 0.15) is 5.75 Å². The van der Waals surface area contributed by atoms with E-state index in [1.165, 1.54) is 0 Å². The predicted molar refractivity (Wildman–Crippen MR) is 83.3 cm³/mol. The lowest BCUT2D eigenvalue weighted by Gasteiger charge is -2.34. The van der Waals surface area contributed by atoms with Crippen molar-refractivity contribution in [2.24, 2.45) is 0 Å². The summed E-state index contributed by atoms with van der Waals surface area (Å²) in [4.78, 5) is 12.3. The Balaban J connectivity index is 2.13. The zero-order valence-electron chi connectivity index (χ0n) is 10.6. The maximum Gasteiger partial charge on any atom is 0.171 e. The van der Waals surface area contributed by atoms with Crippen LogP contribution in [0.1, 0.15) is 30.9 Å². The van der Waals surface area contributed by atoms with Crippen molar-refractivity contribution < 1.29 is 9.90 Å².